The van der Waals surface area contributed by atoms with Crippen molar-refractivity contribution >= 4 is 0 Å². The first-order chi connectivity index (χ1) is 10.4. The molecule has 0 aromatic heterocycles. The Labute approximate surface area is 127 Å². The van der Waals surface area contributed by atoms with Gasteiger partial charge in [0, 0.05) is 12.6 Å². The summed E-state index contributed by atoms with van der Waals surface area (Å²) in [6.45, 7) is 3.16. The fourth-order valence-electron chi connectivity index (χ4n) is 3.09. The lowest BCUT2D eigenvalue weighted by molar-refractivity contribution is 0.490. The molecule has 110 valence electrons. The van der Waals surface area contributed by atoms with Gasteiger partial charge in [0.1, 0.15) is 0 Å². The lowest BCUT2D eigenvalue weighted by Gasteiger charge is -2.19. The average Bonchev–Trinajstić information content (AvgIpc) is 2.75. The van der Waals surface area contributed by atoms with Gasteiger partial charge in [-0.3, -0.25) is 0 Å². The molecule has 1 unspecified atom stereocenters. The number of nitrogens with one attached hydrogen (secondary N) is 2. The van der Waals surface area contributed by atoms with E-state index in [0.29, 0.717) is 6.04 Å². The van der Waals surface area contributed by atoms with E-state index in [1.165, 1.54) is 29.5 Å². The van der Waals surface area contributed by atoms with Gasteiger partial charge in [0.05, 0.1) is 0 Å². The summed E-state index contributed by atoms with van der Waals surface area (Å²) in [7, 11) is 0. The lowest BCUT2D eigenvalue weighted by atomic mass is 9.99. The summed E-state index contributed by atoms with van der Waals surface area (Å²) in [4.78, 5) is 0. The van der Waals surface area contributed by atoms with Crippen LogP contribution in [-0.2, 0) is 13.0 Å². The van der Waals surface area contributed by atoms with E-state index >= 15 is 0 Å². The molecule has 0 spiro atoms. The predicted molar refractivity (Wildman–Crippen MR) is 88.3 cm³/mol. The first-order valence-corrected chi connectivity index (χ1v) is 7.99. The van der Waals surface area contributed by atoms with E-state index in [-0.39, 0.29) is 0 Å². The number of hydrogen-bond donors (Lipinski definition) is 2. The second-order valence-electron chi connectivity index (χ2n) is 5.76. The van der Waals surface area contributed by atoms with E-state index in [4.69, 9.17) is 0 Å². The summed E-state index contributed by atoms with van der Waals surface area (Å²) < 4.78 is 0. The molecule has 21 heavy (non-hydrogen) atoms. The van der Waals surface area contributed by atoms with Crippen molar-refractivity contribution in [1.29, 1.82) is 0 Å². The monoisotopic (exact) mass is 280 g/mol. The highest BCUT2D eigenvalue weighted by Gasteiger charge is 2.16. The second-order valence-corrected chi connectivity index (χ2v) is 5.76. The molecule has 2 aromatic rings. The maximum atomic E-state index is 3.75. The van der Waals surface area contributed by atoms with E-state index in [9.17, 15) is 0 Å². The van der Waals surface area contributed by atoms with Gasteiger partial charge in [-0.1, -0.05) is 54.6 Å². The van der Waals surface area contributed by atoms with Crippen LogP contribution < -0.4 is 10.6 Å². The molecule has 2 aromatic carbocycles. The second kappa shape index (κ2) is 7.39. The third kappa shape index (κ3) is 3.93. The summed E-state index contributed by atoms with van der Waals surface area (Å²) in [6, 6.07) is 20.1. The summed E-state index contributed by atoms with van der Waals surface area (Å²) in [5.41, 5.74) is 4.35. The van der Waals surface area contributed by atoms with Crippen molar-refractivity contribution in [2.45, 2.75) is 31.8 Å². The molecule has 0 saturated heterocycles. The fourth-order valence-corrected chi connectivity index (χ4v) is 3.09. The predicted octanol–water partition coefficient (Wildman–Crippen LogP) is 3.44. The Balaban J connectivity index is 1.53. The maximum Gasteiger partial charge on any atom is 0.0335 e. The number of aryl methyl sites for hydroxylation is 1. The fraction of sp³-hybridized carbons (Fsp3) is 0.368. The van der Waals surface area contributed by atoms with Gasteiger partial charge in [0.2, 0.25) is 0 Å². The first kappa shape index (κ1) is 14.3. The summed E-state index contributed by atoms with van der Waals surface area (Å²) in [5.74, 6) is 0. The number of benzene rings is 2. The zero-order valence-electron chi connectivity index (χ0n) is 12.5. The zero-order chi connectivity index (χ0) is 14.3. The van der Waals surface area contributed by atoms with Crippen LogP contribution in [0.5, 0.6) is 0 Å². The summed E-state index contributed by atoms with van der Waals surface area (Å²) in [5, 5.41) is 7.26. The van der Waals surface area contributed by atoms with Crippen molar-refractivity contribution in [3.8, 4) is 0 Å². The quantitative estimate of drug-likeness (QED) is 0.820. The van der Waals surface area contributed by atoms with Gasteiger partial charge in [-0.2, -0.15) is 0 Å². The Bertz CT molecular complexity index is 551. The molecule has 1 atom stereocenters. The largest absolute Gasteiger partial charge is 0.313 e. The van der Waals surface area contributed by atoms with Crippen molar-refractivity contribution in [3.63, 3.8) is 0 Å². The molecule has 3 rings (SSSR count). The normalized spacial score (nSPS) is 18.0. The van der Waals surface area contributed by atoms with Gasteiger partial charge in [0.15, 0.2) is 0 Å². The van der Waals surface area contributed by atoms with Crippen molar-refractivity contribution in [3.05, 3.63) is 71.3 Å². The van der Waals surface area contributed by atoms with Gasteiger partial charge in [-0.15, -0.1) is 0 Å². The zero-order valence-corrected chi connectivity index (χ0v) is 12.5. The van der Waals surface area contributed by atoms with Gasteiger partial charge in [-0.25, -0.2) is 0 Å². The van der Waals surface area contributed by atoms with Gasteiger partial charge in [-0.05, 0) is 49.0 Å². The topological polar surface area (TPSA) is 24.1 Å². The third-order valence-electron chi connectivity index (χ3n) is 4.23. The van der Waals surface area contributed by atoms with Gasteiger partial charge >= 0.3 is 0 Å². The Hall–Kier alpha value is -1.64. The van der Waals surface area contributed by atoms with E-state index < -0.39 is 0 Å². The molecule has 1 aliphatic rings. The molecule has 0 aliphatic carbocycles. The molecule has 0 amide bonds. The van der Waals surface area contributed by atoms with Crippen LogP contribution in [0.3, 0.4) is 0 Å². The summed E-state index contributed by atoms with van der Waals surface area (Å²) in [6.07, 6.45) is 3.51. The van der Waals surface area contributed by atoms with E-state index in [2.05, 4.69) is 65.2 Å². The molecule has 0 fully saturated rings. The highest BCUT2D eigenvalue weighted by Crippen LogP contribution is 2.23. The molecule has 0 saturated carbocycles. The van der Waals surface area contributed by atoms with Crippen LogP contribution in [0.15, 0.2) is 54.6 Å². The van der Waals surface area contributed by atoms with Crippen LogP contribution in [0.2, 0.25) is 0 Å². The van der Waals surface area contributed by atoms with E-state index in [1.807, 2.05) is 0 Å². The van der Waals surface area contributed by atoms with E-state index in [0.717, 1.165) is 26.1 Å². The highest BCUT2D eigenvalue weighted by molar-refractivity contribution is 5.31. The minimum absolute atomic E-state index is 0.493. The molecule has 0 radical (unpaired) electrons. The highest BCUT2D eigenvalue weighted by atomic mass is 14.9. The minimum Gasteiger partial charge on any atom is -0.313 e. The Kier molecular flexibility index (Phi) is 5.03. The molecule has 2 N–H and O–H groups in total. The first-order valence-electron chi connectivity index (χ1n) is 7.99. The smallest absolute Gasteiger partial charge is 0.0335 e. The standard InChI is InChI=1S/C19H24N2/c1-2-7-16(8-3-1)9-6-13-21-19-12-14-20-15-17-10-4-5-11-18(17)19/h1-5,7-8,10-11,19-21H,6,9,12-15H2. The molecule has 1 aliphatic heterocycles. The van der Waals surface area contributed by atoms with Crippen LogP contribution >= 0.6 is 0 Å². The van der Waals surface area contributed by atoms with Crippen LogP contribution in [0.25, 0.3) is 0 Å². The molecule has 2 heteroatoms. The minimum atomic E-state index is 0.493. The SMILES string of the molecule is c1ccc(CCCNC2CCNCc3ccccc32)cc1. The maximum absolute atomic E-state index is 3.75. The van der Waals surface area contributed by atoms with Crippen molar-refractivity contribution in [2.75, 3.05) is 13.1 Å². The number of hydrogen-bond acceptors (Lipinski definition) is 2. The number of fused-ring (bicyclic) bond motifs is 1. The van der Waals surface area contributed by atoms with Crippen LogP contribution in [0, 0.1) is 0 Å². The van der Waals surface area contributed by atoms with E-state index in [1.54, 1.807) is 0 Å². The third-order valence-corrected chi connectivity index (χ3v) is 4.23. The Morgan fingerprint density at radius 1 is 1.00 bits per heavy atom. The Morgan fingerprint density at radius 3 is 2.71 bits per heavy atom. The molecule has 1 heterocycles. The van der Waals surface area contributed by atoms with Crippen molar-refractivity contribution in [1.82, 2.24) is 10.6 Å². The van der Waals surface area contributed by atoms with Crippen LogP contribution in [-0.4, -0.2) is 13.1 Å². The lowest BCUT2D eigenvalue weighted by Crippen LogP contribution is -2.24. The van der Waals surface area contributed by atoms with Crippen LogP contribution in [0.1, 0.15) is 35.6 Å². The summed E-state index contributed by atoms with van der Waals surface area (Å²) >= 11 is 0. The molecular weight excluding hydrogens is 256 g/mol. The van der Waals surface area contributed by atoms with Gasteiger partial charge < -0.3 is 10.6 Å². The molecular formula is C19H24N2. The Morgan fingerprint density at radius 2 is 1.81 bits per heavy atom. The van der Waals surface area contributed by atoms with Crippen molar-refractivity contribution < 1.29 is 0 Å². The molecule has 0 bridgehead atoms. The van der Waals surface area contributed by atoms with Gasteiger partial charge in [0.25, 0.3) is 0 Å². The van der Waals surface area contributed by atoms with Crippen molar-refractivity contribution in [2.24, 2.45) is 0 Å². The molecule has 2 nitrogen and oxygen atoms in total. The average molecular weight is 280 g/mol. The van der Waals surface area contributed by atoms with Crippen LogP contribution in [0.4, 0.5) is 0 Å². The number of rotatable bonds is 5.